The number of methoxy groups -OCH3 is 2. The van der Waals surface area contributed by atoms with Gasteiger partial charge in [0, 0.05) is 0 Å². The highest BCUT2D eigenvalue weighted by Crippen LogP contribution is 2.26. The predicted octanol–water partition coefficient (Wildman–Crippen LogP) is 1.10. The summed E-state index contributed by atoms with van der Waals surface area (Å²) in [6, 6.07) is 6.78. The normalized spacial score (nSPS) is 14.9. The first kappa shape index (κ1) is 11.2. The molecule has 0 saturated carbocycles. The van der Waals surface area contributed by atoms with Gasteiger partial charge in [-0.15, -0.1) is 0 Å². The Morgan fingerprint density at radius 2 is 1.65 bits per heavy atom. The van der Waals surface area contributed by atoms with Gasteiger partial charge in [0.2, 0.25) is 11.7 Å². The number of hydrogen-bond acceptors (Lipinski definition) is 4. The van der Waals surface area contributed by atoms with E-state index in [0.29, 0.717) is 11.4 Å². The predicted molar refractivity (Wildman–Crippen MR) is 60.6 cm³/mol. The van der Waals surface area contributed by atoms with Crippen LogP contribution in [0.5, 0.6) is 5.75 Å². The highest BCUT2D eigenvalue weighted by Gasteiger charge is 2.33. The van der Waals surface area contributed by atoms with Crippen LogP contribution >= 0.6 is 0 Å². The highest BCUT2D eigenvalue weighted by molar-refractivity contribution is 6.48. The maximum Gasteiger partial charge on any atom is 0.305 e. The van der Waals surface area contributed by atoms with E-state index in [1.54, 1.807) is 31.4 Å². The molecule has 0 aliphatic carbocycles. The molecular formula is C12H11NO4. The standard InChI is InChI=1S/C12H11NO4/c1-16-9-5-3-8(4-6-9)13-11(17-2)7-10(14)12(13)15/h3-7H,1-2H3. The third-order valence-corrected chi connectivity index (χ3v) is 2.43. The molecule has 1 aliphatic heterocycles. The molecule has 1 aliphatic rings. The van der Waals surface area contributed by atoms with Gasteiger partial charge in [-0.25, -0.2) is 4.90 Å². The SMILES string of the molecule is COC1=CC(=O)C(=O)N1c1ccc(OC)cc1. The van der Waals surface area contributed by atoms with Crippen LogP contribution in [0, 0.1) is 0 Å². The highest BCUT2D eigenvalue weighted by atomic mass is 16.5. The third-order valence-electron chi connectivity index (χ3n) is 2.43. The lowest BCUT2D eigenvalue weighted by Gasteiger charge is -2.18. The van der Waals surface area contributed by atoms with Crippen molar-refractivity contribution in [3.05, 3.63) is 36.2 Å². The lowest BCUT2D eigenvalue weighted by atomic mass is 10.3. The molecule has 0 spiro atoms. The zero-order valence-electron chi connectivity index (χ0n) is 9.47. The average molecular weight is 233 g/mol. The molecule has 0 radical (unpaired) electrons. The molecule has 2 rings (SSSR count). The molecule has 5 nitrogen and oxygen atoms in total. The first-order chi connectivity index (χ1) is 8.17. The minimum absolute atomic E-state index is 0.227. The first-order valence-corrected chi connectivity index (χ1v) is 4.95. The number of carbonyl (C=O) groups is 2. The third kappa shape index (κ3) is 1.87. The van der Waals surface area contributed by atoms with Gasteiger partial charge in [0.1, 0.15) is 5.75 Å². The van der Waals surface area contributed by atoms with E-state index >= 15 is 0 Å². The molecule has 0 saturated heterocycles. The van der Waals surface area contributed by atoms with Crippen LogP contribution in [0.25, 0.3) is 0 Å². The largest absolute Gasteiger partial charge is 0.497 e. The Morgan fingerprint density at radius 3 is 2.18 bits per heavy atom. The van der Waals surface area contributed by atoms with E-state index in [1.807, 2.05) is 0 Å². The van der Waals surface area contributed by atoms with Crippen molar-refractivity contribution >= 4 is 17.4 Å². The van der Waals surface area contributed by atoms with E-state index < -0.39 is 11.7 Å². The Kier molecular flexibility index (Phi) is 2.82. The lowest BCUT2D eigenvalue weighted by Crippen LogP contribution is -2.29. The van der Waals surface area contributed by atoms with Gasteiger partial charge in [-0.2, -0.15) is 0 Å². The monoisotopic (exact) mass is 233 g/mol. The van der Waals surface area contributed by atoms with E-state index in [0.717, 1.165) is 0 Å². The number of hydrogen-bond donors (Lipinski definition) is 0. The molecule has 17 heavy (non-hydrogen) atoms. The number of ketones is 1. The maximum absolute atomic E-state index is 11.6. The molecule has 0 bridgehead atoms. The smallest absolute Gasteiger partial charge is 0.305 e. The summed E-state index contributed by atoms with van der Waals surface area (Å²) in [6.45, 7) is 0. The molecule has 1 aromatic carbocycles. The second kappa shape index (κ2) is 4.29. The molecule has 0 N–H and O–H groups in total. The summed E-state index contributed by atoms with van der Waals surface area (Å²) in [4.78, 5) is 24.1. The Bertz CT molecular complexity index is 490. The second-order valence-corrected chi connectivity index (χ2v) is 3.39. The number of anilines is 1. The van der Waals surface area contributed by atoms with Gasteiger partial charge in [0.25, 0.3) is 0 Å². The van der Waals surface area contributed by atoms with Crippen LogP contribution in [-0.2, 0) is 14.3 Å². The fourth-order valence-corrected chi connectivity index (χ4v) is 1.57. The minimum Gasteiger partial charge on any atom is -0.497 e. The number of carbonyl (C=O) groups excluding carboxylic acids is 2. The summed E-state index contributed by atoms with van der Waals surface area (Å²) < 4.78 is 10.0. The number of amides is 1. The average Bonchev–Trinajstić information content (AvgIpc) is 2.65. The molecule has 0 atom stereocenters. The van der Waals surface area contributed by atoms with Gasteiger partial charge in [0.05, 0.1) is 26.0 Å². The van der Waals surface area contributed by atoms with Gasteiger partial charge in [-0.3, -0.25) is 9.59 Å². The fraction of sp³-hybridized carbons (Fsp3) is 0.167. The Balaban J connectivity index is 2.35. The number of rotatable bonds is 3. The van der Waals surface area contributed by atoms with Gasteiger partial charge < -0.3 is 9.47 Å². The molecule has 1 heterocycles. The summed E-state index contributed by atoms with van der Waals surface area (Å²) in [5.74, 6) is -0.301. The van der Waals surface area contributed by atoms with Gasteiger partial charge in [-0.1, -0.05) is 0 Å². The van der Waals surface area contributed by atoms with E-state index in [4.69, 9.17) is 9.47 Å². The minimum atomic E-state index is -0.619. The molecular weight excluding hydrogens is 222 g/mol. The van der Waals surface area contributed by atoms with Crippen molar-refractivity contribution < 1.29 is 19.1 Å². The molecule has 1 amide bonds. The lowest BCUT2D eigenvalue weighted by molar-refractivity contribution is -0.132. The van der Waals surface area contributed by atoms with Crippen LogP contribution < -0.4 is 9.64 Å². The van der Waals surface area contributed by atoms with Crippen molar-refractivity contribution in [1.82, 2.24) is 0 Å². The van der Waals surface area contributed by atoms with Gasteiger partial charge in [0.15, 0.2) is 0 Å². The zero-order chi connectivity index (χ0) is 12.4. The van der Waals surface area contributed by atoms with Crippen LogP contribution in [0.15, 0.2) is 36.2 Å². The summed E-state index contributed by atoms with van der Waals surface area (Å²) in [7, 11) is 2.97. The van der Waals surface area contributed by atoms with Crippen LogP contribution in [0.4, 0.5) is 5.69 Å². The van der Waals surface area contributed by atoms with Crippen LogP contribution in [0.2, 0.25) is 0 Å². The van der Waals surface area contributed by atoms with Crippen molar-refractivity contribution in [3.63, 3.8) is 0 Å². The topological polar surface area (TPSA) is 55.8 Å². The molecule has 0 unspecified atom stereocenters. The van der Waals surface area contributed by atoms with Crippen LogP contribution in [-0.4, -0.2) is 25.9 Å². The first-order valence-electron chi connectivity index (χ1n) is 4.95. The van der Waals surface area contributed by atoms with E-state index in [9.17, 15) is 9.59 Å². The number of benzene rings is 1. The molecule has 0 fully saturated rings. The number of ether oxygens (including phenoxy) is 2. The summed E-state index contributed by atoms with van der Waals surface area (Å²) >= 11 is 0. The van der Waals surface area contributed by atoms with E-state index in [-0.39, 0.29) is 5.88 Å². The van der Waals surface area contributed by atoms with Gasteiger partial charge >= 0.3 is 5.91 Å². The Hall–Kier alpha value is -2.30. The van der Waals surface area contributed by atoms with Crippen molar-refractivity contribution in [1.29, 1.82) is 0 Å². The Labute approximate surface area is 98.2 Å². The van der Waals surface area contributed by atoms with Crippen molar-refractivity contribution in [2.75, 3.05) is 19.1 Å². The van der Waals surface area contributed by atoms with Crippen molar-refractivity contribution in [2.45, 2.75) is 0 Å². The van der Waals surface area contributed by atoms with E-state index in [2.05, 4.69) is 0 Å². The molecule has 1 aromatic rings. The summed E-state index contributed by atoms with van der Waals surface area (Å²) in [6.07, 6.45) is 1.17. The maximum atomic E-state index is 11.6. The van der Waals surface area contributed by atoms with Crippen molar-refractivity contribution in [2.24, 2.45) is 0 Å². The van der Waals surface area contributed by atoms with Crippen LogP contribution in [0.3, 0.4) is 0 Å². The number of nitrogens with zero attached hydrogens (tertiary/aromatic N) is 1. The molecule has 5 heteroatoms. The zero-order valence-corrected chi connectivity index (χ0v) is 9.47. The molecule has 0 aromatic heterocycles. The fourth-order valence-electron chi connectivity index (χ4n) is 1.57. The van der Waals surface area contributed by atoms with Gasteiger partial charge in [-0.05, 0) is 24.3 Å². The van der Waals surface area contributed by atoms with Crippen LogP contribution in [0.1, 0.15) is 0 Å². The molecule has 88 valence electrons. The second-order valence-electron chi connectivity index (χ2n) is 3.39. The quantitative estimate of drug-likeness (QED) is 0.733. The summed E-state index contributed by atoms with van der Waals surface area (Å²) in [5.41, 5.74) is 0.565. The Morgan fingerprint density at radius 1 is 1.00 bits per heavy atom. The van der Waals surface area contributed by atoms with Crippen molar-refractivity contribution in [3.8, 4) is 5.75 Å². The summed E-state index contributed by atoms with van der Waals surface area (Å²) in [5, 5.41) is 0. The van der Waals surface area contributed by atoms with E-state index in [1.165, 1.54) is 18.1 Å².